The summed E-state index contributed by atoms with van der Waals surface area (Å²) in [4.78, 5) is 23.5. The zero-order valence-electron chi connectivity index (χ0n) is 13.1. The predicted molar refractivity (Wildman–Crippen MR) is 83.1 cm³/mol. The number of para-hydroxylation sites is 2. The van der Waals surface area contributed by atoms with Gasteiger partial charge in [0.15, 0.2) is 18.1 Å². The first-order chi connectivity index (χ1) is 11.6. The summed E-state index contributed by atoms with van der Waals surface area (Å²) in [5, 5.41) is 2.65. The molecule has 0 aliphatic carbocycles. The molecule has 1 atom stereocenters. The normalized spacial score (nSPS) is 15.6. The number of aryl methyl sites for hydroxylation is 1. The van der Waals surface area contributed by atoms with E-state index in [1.165, 1.54) is 6.26 Å². The molecule has 0 fully saturated rings. The number of amides is 1. The summed E-state index contributed by atoms with van der Waals surface area (Å²) < 4.78 is 21.2. The van der Waals surface area contributed by atoms with Crippen LogP contribution in [0.25, 0.3) is 0 Å². The predicted octanol–water partition coefficient (Wildman–Crippen LogP) is 1.70. The summed E-state index contributed by atoms with van der Waals surface area (Å²) in [5.74, 6) is 0.336. The van der Waals surface area contributed by atoms with Crippen molar-refractivity contribution in [2.75, 3.05) is 19.8 Å². The average Bonchev–Trinajstić information content (AvgIpc) is 3.03. The second-order valence-corrected chi connectivity index (χ2v) is 5.31. The van der Waals surface area contributed by atoms with Crippen LogP contribution in [0.4, 0.5) is 0 Å². The lowest BCUT2D eigenvalue weighted by Gasteiger charge is -2.26. The lowest BCUT2D eigenvalue weighted by atomic mass is 10.2. The van der Waals surface area contributed by atoms with Crippen LogP contribution in [0.5, 0.6) is 11.5 Å². The largest absolute Gasteiger partial charge is 0.486 e. The average molecular weight is 331 g/mol. The molecule has 1 unspecified atom stereocenters. The molecule has 0 spiro atoms. The zero-order chi connectivity index (χ0) is 16.9. The molecule has 24 heavy (non-hydrogen) atoms. The van der Waals surface area contributed by atoms with Crippen LogP contribution in [0, 0.1) is 6.92 Å². The first-order valence-electron chi connectivity index (χ1n) is 7.50. The van der Waals surface area contributed by atoms with Crippen LogP contribution >= 0.6 is 0 Å². The molecule has 1 amide bonds. The molecular formula is C17H17NO6. The number of furan rings is 1. The number of nitrogens with one attached hydrogen (secondary N) is 1. The fourth-order valence-electron chi connectivity index (χ4n) is 2.22. The molecule has 3 rings (SSSR count). The minimum Gasteiger partial charge on any atom is -0.486 e. The number of carbonyl (C=O) groups excluding carboxylic acids is 2. The van der Waals surface area contributed by atoms with Crippen molar-refractivity contribution in [3.05, 3.63) is 47.9 Å². The van der Waals surface area contributed by atoms with Gasteiger partial charge in [-0.15, -0.1) is 0 Å². The second kappa shape index (κ2) is 7.08. The third-order valence-corrected chi connectivity index (χ3v) is 3.48. The Kier molecular flexibility index (Phi) is 4.69. The Balaban J connectivity index is 1.42. The van der Waals surface area contributed by atoms with Crippen LogP contribution in [0.15, 0.2) is 41.0 Å². The Morgan fingerprint density at radius 1 is 1.25 bits per heavy atom. The van der Waals surface area contributed by atoms with Gasteiger partial charge < -0.3 is 23.9 Å². The van der Waals surface area contributed by atoms with Crippen LogP contribution in [-0.2, 0) is 9.53 Å². The maximum absolute atomic E-state index is 11.8. The van der Waals surface area contributed by atoms with E-state index in [1.54, 1.807) is 19.1 Å². The van der Waals surface area contributed by atoms with Gasteiger partial charge in [0.05, 0.1) is 12.8 Å². The Hall–Kier alpha value is -2.96. The van der Waals surface area contributed by atoms with Gasteiger partial charge in [-0.1, -0.05) is 12.1 Å². The van der Waals surface area contributed by atoms with E-state index in [0.717, 1.165) is 0 Å². The number of ether oxygens (including phenoxy) is 3. The minimum atomic E-state index is -0.668. The summed E-state index contributed by atoms with van der Waals surface area (Å²) >= 11 is 0. The highest BCUT2D eigenvalue weighted by molar-refractivity contribution is 5.90. The minimum absolute atomic E-state index is 0.100. The molecule has 1 N–H and O–H groups in total. The van der Waals surface area contributed by atoms with E-state index < -0.39 is 11.9 Å². The number of fused-ring (bicyclic) bond motifs is 1. The molecule has 7 heteroatoms. The van der Waals surface area contributed by atoms with E-state index in [-0.39, 0.29) is 25.0 Å². The van der Waals surface area contributed by atoms with Crippen molar-refractivity contribution in [3.63, 3.8) is 0 Å². The molecule has 0 bridgehead atoms. The van der Waals surface area contributed by atoms with Gasteiger partial charge in [0.1, 0.15) is 12.7 Å². The Labute approximate surface area is 138 Å². The highest BCUT2D eigenvalue weighted by Crippen LogP contribution is 2.30. The van der Waals surface area contributed by atoms with Gasteiger partial charge >= 0.3 is 5.97 Å². The molecule has 1 aromatic carbocycles. The summed E-state index contributed by atoms with van der Waals surface area (Å²) in [6.45, 7) is 1.93. The maximum atomic E-state index is 11.8. The molecule has 2 aromatic rings. The van der Waals surface area contributed by atoms with E-state index in [2.05, 4.69) is 5.32 Å². The molecule has 2 heterocycles. The van der Waals surface area contributed by atoms with Crippen LogP contribution < -0.4 is 14.8 Å². The molecular weight excluding hydrogens is 314 g/mol. The van der Waals surface area contributed by atoms with Crippen LogP contribution in [0.3, 0.4) is 0 Å². The summed E-state index contributed by atoms with van der Waals surface area (Å²) in [7, 11) is 0. The highest BCUT2D eigenvalue weighted by atomic mass is 16.6. The van der Waals surface area contributed by atoms with E-state index in [0.29, 0.717) is 23.7 Å². The van der Waals surface area contributed by atoms with Crippen molar-refractivity contribution in [3.8, 4) is 11.5 Å². The maximum Gasteiger partial charge on any atom is 0.375 e. The lowest BCUT2D eigenvalue weighted by molar-refractivity contribution is -0.124. The standard InChI is InChI=1S/C17H17NO6/c1-11-6-7-21-16(11)17(20)23-10-15(19)18-8-12-9-22-13-4-2-3-5-14(13)24-12/h2-7,12H,8-10H2,1H3,(H,18,19). The van der Waals surface area contributed by atoms with E-state index in [1.807, 2.05) is 18.2 Å². The highest BCUT2D eigenvalue weighted by Gasteiger charge is 2.21. The molecule has 126 valence electrons. The molecule has 0 saturated carbocycles. The Morgan fingerprint density at radius 2 is 2.04 bits per heavy atom. The van der Waals surface area contributed by atoms with Gasteiger partial charge in [0, 0.05) is 5.56 Å². The first-order valence-corrected chi connectivity index (χ1v) is 7.50. The van der Waals surface area contributed by atoms with Crippen molar-refractivity contribution < 1.29 is 28.2 Å². The lowest BCUT2D eigenvalue weighted by Crippen LogP contribution is -2.42. The molecule has 1 aromatic heterocycles. The smallest absolute Gasteiger partial charge is 0.375 e. The van der Waals surface area contributed by atoms with Crippen LogP contribution in [-0.4, -0.2) is 37.7 Å². The zero-order valence-corrected chi connectivity index (χ0v) is 13.1. The number of esters is 1. The van der Waals surface area contributed by atoms with E-state index in [4.69, 9.17) is 18.6 Å². The summed E-state index contributed by atoms with van der Waals surface area (Å²) in [6, 6.07) is 8.98. The Morgan fingerprint density at radius 3 is 2.79 bits per heavy atom. The fraction of sp³-hybridized carbons (Fsp3) is 0.294. The quantitative estimate of drug-likeness (QED) is 0.839. The van der Waals surface area contributed by atoms with E-state index >= 15 is 0 Å². The van der Waals surface area contributed by atoms with Crippen LogP contribution in [0.2, 0.25) is 0 Å². The van der Waals surface area contributed by atoms with Crippen molar-refractivity contribution in [2.45, 2.75) is 13.0 Å². The number of rotatable bonds is 5. The number of hydrogen-bond donors (Lipinski definition) is 1. The van der Waals surface area contributed by atoms with Gasteiger partial charge in [-0.2, -0.15) is 0 Å². The third kappa shape index (κ3) is 3.68. The molecule has 0 saturated heterocycles. The number of benzene rings is 1. The molecule has 7 nitrogen and oxygen atoms in total. The summed E-state index contributed by atoms with van der Waals surface area (Å²) in [6.07, 6.45) is 1.09. The number of hydrogen-bond acceptors (Lipinski definition) is 6. The van der Waals surface area contributed by atoms with E-state index in [9.17, 15) is 9.59 Å². The van der Waals surface area contributed by atoms with Crippen molar-refractivity contribution in [2.24, 2.45) is 0 Å². The topological polar surface area (TPSA) is 87.0 Å². The number of carbonyl (C=O) groups is 2. The van der Waals surface area contributed by atoms with Crippen molar-refractivity contribution >= 4 is 11.9 Å². The molecule has 1 aliphatic rings. The monoisotopic (exact) mass is 331 g/mol. The first kappa shape index (κ1) is 15.9. The Bertz CT molecular complexity index is 738. The SMILES string of the molecule is Cc1ccoc1C(=O)OCC(=O)NCC1COc2ccccc2O1. The fourth-order valence-corrected chi connectivity index (χ4v) is 2.22. The van der Waals surface area contributed by atoms with Crippen LogP contribution in [0.1, 0.15) is 16.1 Å². The van der Waals surface area contributed by atoms with Crippen molar-refractivity contribution in [1.82, 2.24) is 5.32 Å². The molecule has 0 radical (unpaired) electrons. The van der Waals surface area contributed by atoms with Gasteiger partial charge in [-0.25, -0.2) is 4.79 Å². The molecule has 1 aliphatic heterocycles. The van der Waals surface area contributed by atoms with Gasteiger partial charge in [0.25, 0.3) is 5.91 Å². The van der Waals surface area contributed by atoms with Gasteiger partial charge in [0.2, 0.25) is 5.76 Å². The summed E-state index contributed by atoms with van der Waals surface area (Å²) in [5.41, 5.74) is 0.659. The second-order valence-electron chi connectivity index (χ2n) is 5.31. The third-order valence-electron chi connectivity index (χ3n) is 3.48. The van der Waals surface area contributed by atoms with Gasteiger partial charge in [-0.05, 0) is 25.1 Å². The van der Waals surface area contributed by atoms with Gasteiger partial charge in [-0.3, -0.25) is 4.79 Å². The van der Waals surface area contributed by atoms with Crippen molar-refractivity contribution in [1.29, 1.82) is 0 Å².